The van der Waals surface area contributed by atoms with Crippen LogP contribution in [0, 0.1) is 11.8 Å². The van der Waals surface area contributed by atoms with Gasteiger partial charge >= 0.3 is 5.97 Å². The van der Waals surface area contributed by atoms with E-state index in [1.165, 1.54) is 0 Å². The van der Waals surface area contributed by atoms with E-state index in [1.807, 2.05) is 6.07 Å². The number of ether oxygens (including phenoxy) is 1. The summed E-state index contributed by atoms with van der Waals surface area (Å²) in [6.45, 7) is 3.48. The molecule has 2 fully saturated rings. The molecule has 0 radical (unpaired) electrons. The lowest BCUT2D eigenvalue weighted by atomic mass is 10.0. The molecule has 0 spiro atoms. The highest BCUT2D eigenvalue weighted by molar-refractivity contribution is 6.39. The zero-order valence-corrected chi connectivity index (χ0v) is 25.9. The Bertz CT molecular complexity index is 1700. The van der Waals surface area contributed by atoms with Crippen molar-refractivity contribution in [3.8, 4) is 28.8 Å². The van der Waals surface area contributed by atoms with Crippen LogP contribution in [0.4, 0.5) is 5.69 Å². The summed E-state index contributed by atoms with van der Waals surface area (Å²) in [7, 11) is 0. The molecule has 0 bridgehead atoms. The number of benzene rings is 3. The highest BCUT2D eigenvalue weighted by atomic mass is 35.5. The average Bonchev–Trinajstić information content (AvgIpc) is 3.75. The predicted octanol–water partition coefficient (Wildman–Crippen LogP) is 7.69. The molecule has 43 heavy (non-hydrogen) atoms. The fraction of sp³-hybridized carbons (Fsp3) is 0.250. The van der Waals surface area contributed by atoms with E-state index in [1.54, 1.807) is 48.5 Å². The second-order valence-corrected chi connectivity index (χ2v) is 11.5. The molecule has 0 atom stereocenters. The van der Waals surface area contributed by atoms with Crippen LogP contribution in [-0.2, 0) is 6.61 Å². The van der Waals surface area contributed by atoms with Crippen LogP contribution in [0.25, 0.3) is 11.3 Å². The maximum atomic E-state index is 11.8. The van der Waals surface area contributed by atoms with Gasteiger partial charge < -0.3 is 24.6 Å². The lowest BCUT2D eigenvalue weighted by molar-refractivity contribution is 0.0697. The van der Waals surface area contributed by atoms with E-state index in [2.05, 4.69) is 27.2 Å². The highest BCUT2D eigenvalue weighted by Crippen LogP contribution is 2.46. The number of carboxylic acids is 1. The molecule has 222 valence electrons. The standard InChI is InChI=1S/C32H26Cl3N3O4.ClH/c33-26-2-1-3-27(34)29(26)30-25(31(42-37-30)21-6-7-21)18-41-24-9-8-20(28(35)17-24)5-4-19-14-22(32(39)40)16-23(15-19)38-12-10-36-11-13-38;/h1-3,8-9,14-17,21,36H,6-7,10-13,18H2,(H,39,40);1H. The molecule has 2 aliphatic rings. The molecular formula is C32H27Cl4N3O4. The summed E-state index contributed by atoms with van der Waals surface area (Å²) in [6.07, 6.45) is 2.06. The Morgan fingerprint density at radius 2 is 1.77 bits per heavy atom. The Morgan fingerprint density at radius 1 is 1.02 bits per heavy atom. The van der Waals surface area contributed by atoms with Crippen molar-refractivity contribution in [2.45, 2.75) is 25.4 Å². The van der Waals surface area contributed by atoms with E-state index in [0.29, 0.717) is 49.1 Å². The van der Waals surface area contributed by atoms with E-state index in [9.17, 15) is 9.90 Å². The maximum Gasteiger partial charge on any atom is 0.335 e. The zero-order valence-electron chi connectivity index (χ0n) is 22.8. The summed E-state index contributed by atoms with van der Waals surface area (Å²) in [5.41, 5.74) is 4.24. The number of carbonyl (C=O) groups is 1. The fourth-order valence-corrected chi connectivity index (χ4v) is 5.74. The van der Waals surface area contributed by atoms with Crippen molar-refractivity contribution in [2.75, 3.05) is 31.1 Å². The third kappa shape index (κ3) is 7.06. The number of aromatic nitrogens is 1. The summed E-state index contributed by atoms with van der Waals surface area (Å²) >= 11 is 19.5. The lowest BCUT2D eigenvalue weighted by Crippen LogP contribution is -2.43. The molecule has 0 amide bonds. The van der Waals surface area contributed by atoms with Crippen LogP contribution in [0.2, 0.25) is 15.1 Å². The minimum absolute atomic E-state index is 0. The number of aromatic carboxylic acids is 1. The van der Waals surface area contributed by atoms with Gasteiger partial charge in [0, 0.05) is 60.5 Å². The molecule has 2 heterocycles. The van der Waals surface area contributed by atoms with Gasteiger partial charge in [0.15, 0.2) is 0 Å². The van der Waals surface area contributed by atoms with Gasteiger partial charge in [0.25, 0.3) is 0 Å². The normalized spacial score (nSPS) is 14.4. The van der Waals surface area contributed by atoms with E-state index in [-0.39, 0.29) is 24.6 Å². The maximum absolute atomic E-state index is 11.8. The molecule has 1 aliphatic carbocycles. The van der Waals surface area contributed by atoms with Gasteiger partial charge in [0.1, 0.15) is 23.8 Å². The number of anilines is 1. The van der Waals surface area contributed by atoms with Gasteiger partial charge in [-0.25, -0.2) is 4.79 Å². The van der Waals surface area contributed by atoms with Gasteiger partial charge in [-0.15, -0.1) is 12.4 Å². The van der Waals surface area contributed by atoms with Crippen molar-refractivity contribution in [1.82, 2.24) is 10.5 Å². The van der Waals surface area contributed by atoms with Gasteiger partial charge in [-0.1, -0.05) is 57.9 Å². The molecule has 1 aromatic heterocycles. The topological polar surface area (TPSA) is 87.8 Å². The summed E-state index contributed by atoms with van der Waals surface area (Å²) < 4.78 is 11.9. The van der Waals surface area contributed by atoms with Gasteiger partial charge in [0.05, 0.1) is 26.2 Å². The molecule has 7 nitrogen and oxygen atoms in total. The summed E-state index contributed by atoms with van der Waals surface area (Å²) in [5.74, 6) is 6.82. The van der Waals surface area contributed by atoms with Crippen LogP contribution >= 0.6 is 47.2 Å². The van der Waals surface area contributed by atoms with Crippen molar-refractivity contribution in [1.29, 1.82) is 0 Å². The summed E-state index contributed by atoms with van der Waals surface area (Å²) in [5, 5.41) is 18.6. The van der Waals surface area contributed by atoms with E-state index < -0.39 is 5.97 Å². The first-order chi connectivity index (χ1) is 20.4. The average molecular weight is 659 g/mol. The van der Waals surface area contributed by atoms with Crippen LogP contribution < -0.4 is 15.0 Å². The molecule has 11 heteroatoms. The summed E-state index contributed by atoms with van der Waals surface area (Å²) in [4.78, 5) is 13.9. The molecule has 0 unspecified atom stereocenters. The molecular weight excluding hydrogens is 632 g/mol. The third-order valence-electron chi connectivity index (χ3n) is 7.28. The first kappa shape index (κ1) is 31.1. The third-order valence-corrected chi connectivity index (χ3v) is 8.22. The first-order valence-electron chi connectivity index (χ1n) is 13.6. The van der Waals surface area contributed by atoms with E-state index in [0.717, 1.165) is 56.0 Å². The first-order valence-corrected chi connectivity index (χ1v) is 14.7. The van der Waals surface area contributed by atoms with Crippen LogP contribution in [0.1, 0.15) is 51.6 Å². The van der Waals surface area contributed by atoms with E-state index >= 15 is 0 Å². The van der Waals surface area contributed by atoms with Crippen molar-refractivity contribution in [3.05, 3.63) is 97.7 Å². The second-order valence-electron chi connectivity index (χ2n) is 10.2. The fourth-order valence-electron chi connectivity index (χ4n) is 4.94. The van der Waals surface area contributed by atoms with E-state index in [4.69, 9.17) is 44.1 Å². The molecule has 6 rings (SSSR count). The van der Waals surface area contributed by atoms with Crippen molar-refractivity contribution < 1.29 is 19.2 Å². The number of piperazine rings is 1. The Labute approximate surface area is 270 Å². The van der Waals surface area contributed by atoms with Gasteiger partial charge in [0.2, 0.25) is 0 Å². The van der Waals surface area contributed by atoms with Crippen LogP contribution in [-0.4, -0.2) is 42.4 Å². The Balaban J connectivity index is 0.00000368. The Hall–Kier alpha value is -3.38. The van der Waals surface area contributed by atoms with Crippen LogP contribution in [0.15, 0.2) is 59.1 Å². The largest absolute Gasteiger partial charge is 0.489 e. The number of halogens is 4. The molecule has 3 aromatic carbocycles. The zero-order chi connectivity index (χ0) is 29.2. The Morgan fingerprint density at radius 3 is 2.44 bits per heavy atom. The number of nitrogens with zero attached hydrogens (tertiary/aromatic N) is 2. The molecule has 1 saturated carbocycles. The van der Waals surface area contributed by atoms with Gasteiger partial charge in [-0.2, -0.15) is 0 Å². The molecule has 4 aromatic rings. The molecule has 1 aliphatic heterocycles. The smallest absolute Gasteiger partial charge is 0.335 e. The SMILES string of the molecule is Cl.O=C(O)c1cc(C#Cc2ccc(OCc3c(-c4c(Cl)cccc4Cl)noc3C3CC3)cc2Cl)cc(N2CCNCC2)c1. The predicted molar refractivity (Wildman–Crippen MR) is 171 cm³/mol. The molecule has 1 saturated heterocycles. The van der Waals surface area contributed by atoms with Crippen molar-refractivity contribution >= 4 is 58.9 Å². The van der Waals surface area contributed by atoms with Gasteiger partial charge in [-0.3, -0.25) is 0 Å². The van der Waals surface area contributed by atoms with Crippen LogP contribution in [0.5, 0.6) is 5.75 Å². The number of nitrogens with one attached hydrogen (secondary N) is 1. The van der Waals surface area contributed by atoms with Gasteiger partial charge in [-0.05, 0) is 55.3 Å². The lowest BCUT2D eigenvalue weighted by Gasteiger charge is -2.29. The minimum Gasteiger partial charge on any atom is -0.489 e. The van der Waals surface area contributed by atoms with Crippen LogP contribution in [0.3, 0.4) is 0 Å². The molecule has 2 N–H and O–H groups in total. The monoisotopic (exact) mass is 657 g/mol. The van der Waals surface area contributed by atoms with Crippen molar-refractivity contribution in [2.24, 2.45) is 0 Å². The number of carboxylic acid groups (broad SMARTS) is 1. The second kappa shape index (κ2) is 13.5. The Kier molecular flexibility index (Phi) is 9.75. The minimum atomic E-state index is -0.993. The van der Waals surface area contributed by atoms with Crippen molar-refractivity contribution in [3.63, 3.8) is 0 Å². The number of hydrogen-bond donors (Lipinski definition) is 2. The number of hydrogen-bond acceptors (Lipinski definition) is 6. The summed E-state index contributed by atoms with van der Waals surface area (Å²) in [6, 6.07) is 15.8. The number of rotatable bonds is 7. The quantitative estimate of drug-likeness (QED) is 0.197. The highest BCUT2D eigenvalue weighted by Gasteiger charge is 2.33.